The molecule has 46 heavy (non-hydrogen) atoms. The number of ether oxygens (including phenoxy) is 2. The number of aromatic nitrogens is 2. The number of nitrogens with one attached hydrogen (secondary N) is 1. The molecule has 1 saturated heterocycles. The maximum atomic E-state index is 12.0. The summed E-state index contributed by atoms with van der Waals surface area (Å²) in [6.45, 7) is 1.61. The van der Waals surface area contributed by atoms with Gasteiger partial charge in [0, 0.05) is 25.2 Å². The molecule has 238 valence electrons. The van der Waals surface area contributed by atoms with Gasteiger partial charge in [0.05, 0.1) is 21.4 Å². The zero-order valence-electron chi connectivity index (χ0n) is 24.0. The standard InChI is InChI=1S/C17H19NO3.C12H7N5O7S/c19-17(18-10-4-1-5-11-18)7-3-2-6-14-8-9-15-16(12-14)21-13-20-15;18-9(14-11-13-4-10(25-11)17(22)23)5-15-7-2-1-6(16(20)21)3-8(7)24-12(15)19/h2-3,6-9,12H,1,4-5,10-11,13H2;1-4H,5H2,(H,13,14,18). The Labute approximate surface area is 263 Å². The second-order valence-electron chi connectivity index (χ2n) is 9.89. The number of carbonyl (C=O) groups is 2. The molecule has 0 aliphatic carbocycles. The van der Waals surface area contributed by atoms with Crippen LogP contribution in [0.2, 0.25) is 0 Å². The smallest absolute Gasteiger partial charge is 0.420 e. The van der Waals surface area contributed by atoms with Gasteiger partial charge in [-0.25, -0.2) is 9.78 Å². The van der Waals surface area contributed by atoms with Crippen molar-refractivity contribution in [2.24, 2.45) is 0 Å². The van der Waals surface area contributed by atoms with E-state index in [2.05, 4.69) is 10.3 Å². The molecule has 0 radical (unpaired) electrons. The number of hydrogen-bond acceptors (Lipinski definition) is 12. The van der Waals surface area contributed by atoms with E-state index in [-0.39, 0.29) is 39.6 Å². The lowest BCUT2D eigenvalue weighted by Gasteiger charge is -2.25. The highest BCUT2D eigenvalue weighted by atomic mass is 32.1. The number of thiazole rings is 1. The minimum Gasteiger partial charge on any atom is -0.454 e. The van der Waals surface area contributed by atoms with Crippen LogP contribution in [-0.2, 0) is 16.1 Å². The number of fused-ring (bicyclic) bond motifs is 2. The summed E-state index contributed by atoms with van der Waals surface area (Å²) in [4.78, 5) is 61.4. The fourth-order valence-corrected chi connectivity index (χ4v) is 5.22. The van der Waals surface area contributed by atoms with Crippen LogP contribution < -0.4 is 20.5 Å². The van der Waals surface area contributed by atoms with Crippen molar-refractivity contribution in [2.45, 2.75) is 25.8 Å². The van der Waals surface area contributed by atoms with Crippen LogP contribution in [-0.4, -0.2) is 56.0 Å². The van der Waals surface area contributed by atoms with Crippen molar-refractivity contribution < 1.29 is 33.3 Å². The number of non-ortho nitro benzene ring substituents is 1. The molecule has 0 spiro atoms. The molecule has 4 aromatic rings. The molecule has 2 aromatic carbocycles. The van der Waals surface area contributed by atoms with Crippen LogP contribution in [0.3, 0.4) is 0 Å². The second-order valence-corrected chi connectivity index (χ2v) is 10.9. The van der Waals surface area contributed by atoms with E-state index >= 15 is 0 Å². The summed E-state index contributed by atoms with van der Waals surface area (Å²) < 4.78 is 16.5. The molecule has 2 aliphatic rings. The summed E-state index contributed by atoms with van der Waals surface area (Å²) in [5.41, 5.74) is 0.940. The van der Waals surface area contributed by atoms with E-state index in [4.69, 9.17) is 13.9 Å². The van der Waals surface area contributed by atoms with Crippen LogP contribution in [0.5, 0.6) is 11.5 Å². The zero-order chi connectivity index (χ0) is 32.6. The van der Waals surface area contributed by atoms with Crippen molar-refractivity contribution in [3.05, 3.63) is 97.2 Å². The highest BCUT2D eigenvalue weighted by Crippen LogP contribution is 2.32. The molecule has 1 N–H and O–H groups in total. The minimum absolute atomic E-state index is 0.00758. The van der Waals surface area contributed by atoms with Gasteiger partial charge in [-0.1, -0.05) is 24.3 Å². The third-order valence-electron chi connectivity index (χ3n) is 6.79. The van der Waals surface area contributed by atoms with E-state index in [1.165, 1.54) is 18.6 Å². The molecule has 2 aliphatic heterocycles. The van der Waals surface area contributed by atoms with Crippen LogP contribution in [0.25, 0.3) is 17.2 Å². The van der Waals surface area contributed by atoms with Crippen molar-refractivity contribution in [3.63, 3.8) is 0 Å². The lowest BCUT2D eigenvalue weighted by molar-refractivity contribution is -0.384. The number of benzene rings is 2. The van der Waals surface area contributed by atoms with E-state index in [9.17, 15) is 34.6 Å². The van der Waals surface area contributed by atoms with E-state index in [1.807, 2.05) is 35.3 Å². The zero-order valence-corrected chi connectivity index (χ0v) is 24.8. The second kappa shape index (κ2) is 14.3. The average Bonchev–Trinajstić information content (AvgIpc) is 3.78. The first-order valence-electron chi connectivity index (χ1n) is 13.9. The average molecular weight is 651 g/mol. The predicted molar refractivity (Wildman–Crippen MR) is 166 cm³/mol. The largest absolute Gasteiger partial charge is 0.454 e. The Kier molecular flexibility index (Phi) is 9.81. The van der Waals surface area contributed by atoms with Crippen LogP contribution in [0.15, 0.2) is 70.0 Å². The summed E-state index contributed by atoms with van der Waals surface area (Å²) in [5.74, 6) is 0.127. The number of likely N-dealkylation sites (tertiary alicyclic amines) is 1. The molecule has 17 heteroatoms. The van der Waals surface area contributed by atoms with Crippen LogP contribution in [0, 0.1) is 20.2 Å². The Morgan fingerprint density at radius 3 is 2.52 bits per heavy atom. The molecule has 0 bridgehead atoms. The van der Waals surface area contributed by atoms with E-state index in [1.54, 1.807) is 12.2 Å². The minimum atomic E-state index is -0.865. The maximum absolute atomic E-state index is 12.0. The topological polar surface area (TPSA) is 202 Å². The number of oxazole rings is 1. The Hall–Kier alpha value is -5.84. The van der Waals surface area contributed by atoms with Crippen molar-refractivity contribution in [1.29, 1.82) is 0 Å². The van der Waals surface area contributed by atoms with Gasteiger partial charge in [0.15, 0.2) is 22.2 Å². The van der Waals surface area contributed by atoms with Gasteiger partial charge in [-0.05, 0) is 54.4 Å². The number of anilines is 1. The molecule has 6 rings (SSSR count). The monoisotopic (exact) mass is 650 g/mol. The SMILES string of the molecule is O=C(C=CC=Cc1ccc2c(c1)OCO2)N1CCCCC1.O=C(Cn1c(=O)oc2cc([N+](=O)[O-])ccc21)Nc1ncc([N+](=O)[O-])s1. The summed E-state index contributed by atoms with van der Waals surface area (Å²) in [5, 5.41) is 23.4. The molecule has 16 nitrogen and oxygen atoms in total. The Morgan fingerprint density at radius 2 is 1.78 bits per heavy atom. The number of nitrogens with zero attached hydrogens (tertiary/aromatic N) is 5. The van der Waals surface area contributed by atoms with Gasteiger partial charge in [-0.15, -0.1) is 0 Å². The van der Waals surface area contributed by atoms with Crippen LogP contribution in [0.4, 0.5) is 15.8 Å². The summed E-state index contributed by atoms with van der Waals surface area (Å²) in [6, 6.07) is 9.33. The number of nitro groups is 2. The first-order valence-corrected chi connectivity index (χ1v) is 14.7. The number of nitro benzene ring substituents is 1. The molecule has 4 heterocycles. The molecule has 0 saturated carbocycles. The van der Waals surface area contributed by atoms with Gasteiger partial charge in [0.25, 0.3) is 5.69 Å². The fraction of sp³-hybridized carbons (Fsp3) is 0.241. The Morgan fingerprint density at radius 1 is 1.00 bits per heavy atom. The summed E-state index contributed by atoms with van der Waals surface area (Å²) in [6.07, 6.45) is 11.7. The lowest BCUT2D eigenvalue weighted by Crippen LogP contribution is -2.34. The van der Waals surface area contributed by atoms with Crippen LogP contribution >= 0.6 is 11.3 Å². The van der Waals surface area contributed by atoms with Gasteiger partial charge in [-0.2, -0.15) is 0 Å². The summed E-state index contributed by atoms with van der Waals surface area (Å²) in [7, 11) is 0. The highest BCUT2D eigenvalue weighted by Gasteiger charge is 2.18. The maximum Gasteiger partial charge on any atom is 0.420 e. The van der Waals surface area contributed by atoms with Crippen LogP contribution in [0.1, 0.15) is 24.8 Å². The van der Waals surface area contributed by atoms with Gasteiger partial charge in [-0.3, -0.25) is 34.4 Å². The molecular weight excluding hydrogens is 624 g/mol. The van der Waals surface area contributed by atoms with Crippen molar-refractivity contribution >= 4 is 56.1 Å². The number of carbonyl (C=O) groups excluding carboxylic acids is 2. The first-order chi connectivity index (χ1) is 22.2. The van der Waals surface area contributed by atoms with Gasteiger partial charge >= 0.3 is 10.8 Å². The molecule has 2 aromatic heterocycles. The van der Waals surface area contributed by atoms with Gasteiger partial charge in [0.1, 0.15) is 12.7 Å². The molecular formula is C29H26N6O10S. The fourth-order valence-electron chi connectivity index (χ4n) is 4.57. The van der Waals surface area contributed by atoms with Crippen molar-refractivity contribution in [2.75, 3.05) is 25.2 Å². The number of piperidine rings is 1. The summed E-state index contributed by atoms with van der Waals surface area (Å²) >= 11 is 0.667. The van der Waals surface area contributed by atoms with Crippen molar-refractivity contribution in [1.82, 2.24) is 14.5 Å². The van der Waals surface area contributed by atoms with Gasteiger partial charge in [0.2, 0.25) is 18.6 Å². The Bertz CT molecular complexity index is 1900. The van der Waals surface area contributed by atoms with Crippen molar-refractivity contribution in [3.8, 4) is 11.5 Å². The number of rotatable bonds is 8. The van der Waals surface area contributed by atoms with E-state index in [0.29, 0.717) is 11.3 Å². The molecule has 1 fully saturated rings. The highest BCUT2D eigenvalue weighted by molar-refractivity contribution is 7.18. The lowest BCUT2D eigenvalue weighted by atomic mass is 10.1. The van der Waals surface area contributed by atoms with Gasteiger partial charge < -0.3 is 24.1 Å². The quantitative estimate of drug-likeness (QED) is 0.122. The van der Waals surface area contributed by atoms with E-state index < -0.39 is 28.1 Å². The molecule has 0 atom stereocenters. The number of hydrogen-bond donors (Lipinski definition) is 1. The number of allylic oxidation sites excluding steroid dienone is 2. The molecule has 0 unspecified atom stereocenters. The molecule has 2 amide bonds. The Balaban J connectivity index is 0.000000184. The number of amides is 2. The predicted octanol–water partition coefficient (Wildman–Crippen LogP) is 4.50. The third kappa shape index (κ3) is 7.81. The first kappa shape index (κ1) is 31.6. The van der Waals surface area contributed by atoms with E-state index in [0.717, 1.165) is 59.8 Å². The normalized spacial score (nSPS) is 14.0. The third-order valence-corrected chi connectivity index (χ3v) is 7.65.